The topological polar surface area (TPSA) is 31.4 Å². The molecule has 0 aromatic rings. The third-order valence-corrected chi connectivity index (χ3v) is 1.77. The van der Waals surface area contributed by atoms with E-state index >= 15 is 0 Å². The van der Waals surface area contributed by atoms with Gasteiger partial charge < -0.3 is 4.90 Å². The van der Waals surface area contributed by atoms with Crippen molar-refractivity contribution in [3.8, 4) is 0 Å². The van der Waals surface area contributed by atoms with Gasteiger partial charge in [-0.25, -0.2) is 0 Å². The predicted octanol–water partition coefficient (Wildman–Crippen LogP) is 2.76. The van der Waals surface area contributed by atoms with E-state index in [4.69, 9.17) is 5.39 Å². The van der Waals surface area contributed by atoms with E-state index in [9.17, 15) is 0 Å². The standard InChI is InChI=1S/C10H16N3/c1-5-13(6-2)10(4)8-7-9(3)12-11/h7-8H,3-6H2,1-2H3/q+1/b8-7-. The number of rotatable bonds is 5. The lowest BCUT2D eigenvalue weighted by molar-refractivity contribution is 0.396. The fourth-order valence-electron chi connectivity index (χ4n) is 0.961. The molecule has 13 heavy (non-hydrogen) atoms. The Morgan fingerprint density at radius 1 is 1.31 bits per heavy atom. The summed E-state index contributed by atoms with van der Waals surface area (Å²) in [5.74, 6) is 0. The lowest BCUT2D eigenvalue weighted by Crippen LogP contribution is -2.20. The van der Waals surface area contributed by atoms with E-state index in [2.05, 4.69) is 36.9 Å². The molecule has 0 amide bonds. The molecule has 3 nitrogen and oxygen atoms in total. The van der Waals surface area contributed by atoms with Gasteiger partial charge in [-0.15, -0.1) is 0 Å². The van der Waals surface area contributed by atoms with Gasteiger partial charge in [-0.3, -0.25) is 0 Å². The van der Waals surface area contributed by atoms with Gasteiger partial charge in [0, 0.05) is 24.9 Å². The molecule has 0 aromatic carbocycles. The molecule has 0 fully saturated rings. The van der Waals surface area contributed by atoms with Crippen LogP contribution in [-0.2, 0) is 0 Å². The zero-order valence-electron chi connectivity index (χ0n) is 8.32. The van der Waals surface area contributed by atoms with Crippen molar-refractivity contribution in [2.24, 2.45) is 0 Å². The minimum Gasteiger partial charge on any atom is -0.373 e. The molecule has 0 atom stereocenters. The molecule has 0 spiro atoms. The molecule has 70 valence electrons. The van der Waals surface area contributed by atoms with Gasteiger partial charge in [-0.2, -0.15) is 0 Å². The second kappa shape index (κ2) is 6.01. The van der Waals surface area contributed by atoms with Gasteiger partial charge in [-0.1, -0.05) is 6.58 Å². The van der Waals surface area contributed by atoms with E-state index in [1.807, 2.05) is 0 Å². The van der Waals surface area contributed by atoms with Gasteiger partial charge in [0.1, 0.15) is 0 Å². The normalized spacial score (nSPS) is 9.62. The molecule has 0 N–H and O–H groups in total. The summed E-state index contributed by atoms with van der Waals surface area (Å²) < 4.78 is 0. The molecule has 0 aliphatic carbocycles. The molecule has 0 aromatic heterocycles. The average Bonchev–Trinajstić information content (AvgIpc) is 2.16. The summed E-state index contributed by atoms with van der Waals surface area (Å²) in [6.45, 7) is 13.3. The Balaban J connectivity index is 4.22. The second-order valence-electron chi connectivity index (χ2n) is 2.59. The molecular weight excluding hydrogens is 162 g/mol. The first-order valence-corrected chi connectivity index (χ1v) is 4.31. The van der Waals surface area contributed by atoms with Crippen LogP contribution >= 0.6 is 0 Å². The molecule has 0 rings (SSSR count). The lowest BCUT2D eigenvalue weighted by Gasteiger charge is -2.20. The monoisotopic (exact) mass is 178 g/mol. The van der Waals surface area contributed by atoms with Crippen LogP contribution in [0.25, 0.3) is 4.98 Å². The maximum Gasteiger partial charge on any atom is 0.378 e. The first-order chi connectivity index (χ1) is 6.15. The van der Waals surface area contributed by atoms with Gasteiger partial charge in [-0.05, 0) is 26.5 Å². The van der Waals surface area contributed by atoms with Crippen LogP contribution in [0.1, 0.15) is 13.8 Å². The number of diazo groups is 1. The molecule has 0 heterocycles. The van der Waals surface area contributed by atoms with Crippen LogP contribution in [0.3, 0.4) is 0 Å². The van der Waals surface area contributed by atoms with E-state index in [0.29, 0.717) is 5.70 Å². The van der Waals surface area contributed by atoms with E-state index in [1.165, 1.54) is 0 Å². The largest absolute Gasteiger partial charge is 0.378 e. The number of hydrogen-bond acceptors (Lipinski definition) is 2. The molecule has 0 saturated carbocycles. The van der Waals surface area contributed by atoms with Crippen LogP contribution in [-0.4, -0.2) is 18.0 Å². The van der Waals surface area contributed by atoms with Crippen LogP contribution < -0.4 is 0 Å². The summed E-state index contributed by atoms with van der Waals surface area (Å²) in [5.41, 5.74) is 1.23. The molecule has 0 radical (unpaired) electrons. The van der Waals surface area contributed by atoms with Gasteiger partial charge in [0.25, 0.3) is 0 Å². The Labute approximate surface area is 79.7 Å². The smallest absolute Gasteiger partial charge is 0.373 e. The van der Waals surface area contributed by atoms with E-state index in [1.54, 1.807) is 12.2 Å². The number of nitrogens with zero attached hydrogens (tertiary/aromatic N) is 3. The average molecular weight is 178 g/mol. The highest BCUT2D eigenvalue weighted by molar-refractivity contribution is 5.26. The third-order valence-electron chi connectivity index (χ3n) is 1.77. The van der Waals surface area contributed by atoms with Crippen molar-refractivity contribution in [2.45, 2.75) is 13.8 Å². The van der Waals surface area contributed by atoms with E-state index < -0.39 is 0 Å². The van der Waals surface area contributed by atoms with Crippen molar-refractivity contribution in [3.05, 3.63) is 41.7 Å². The SMILES string of the molecule is C=C(/C=C\C(=C)N(CC)CC)[N+]#N. The predicted molar refractivity (Wildman–Crippen MR) is 55.4 cm³/mol. The summed E-state index contributed by atoms with van der Waals surface area (Å²) in [6, 6.07) is 0. The summed E-state index contributed by atoms with van der Waals surface area (Å²) in [4.78, 5) is 5.03. The third kappa shape index (κ3) is 4.12. The highest BCUT2D eigenvalue weighted by atomic mass is 15.1. The van der Waals surface area contributed by atoms with Crippen LogP contribution in [0.2, 0.25) is 0 Å². The Morgan fingerprint density at radius 2 is 1.85 bits per heavy atom. The molecule has 0 aliphatic heterocycles. The number of allylic oxidation sites excluding steroid dienone is 2. The Morgan fingerprint density at radius 3 is 2.23 bits per heavy atom. The zero-order chi connectivity index (χ0) is 10.3. The Kier molecular flexibility index (Phi) is 5.29. The molecule has 0 bridgehead atoms. The number of hydrogen-bond donors (Lipinski definition) is 0. The molecule has 0 unspecified atom stereocenters. The van der Waals surface area contributed by atoms with Crippen LogP contribution in [0.15, 0.2) is 36.7 Å². The summed E-state index contributed by atoms with van der Waals surface area (Å²) in [6.07, 6.45) is 3.41. The van der Waals surface area contributed by atoms with Crippen LogP contribution in [0.4, 0.5) is 0 Å². The number of likely N-dealkylation sites (N-methyl/N-ethyl adjacent to an activating group) is 1. The molecular formula is C10H16N3+. The molecule has 0 aliphatic rings. The molecule has 3 heteroatoms. The Bertz CT molecular complexity index is 254. The lowest BCUT2D eigenvalue weighted by atomic mass is 10.3. The minimum atomic E-state index is 0.327. The van der Waals surface area contributed by atoms with Gasteiger partial charge >= 0.3 is 5.70 Å². The van der Waals surface area contributed by atoms with Crippen molar-refractivity contribution in [3.63, 3.8) is 0 Å². The summed E-state index contributed by atoms with van der Waals surface area (Å²) in [7, 11) is 0. The first kappa shape index (κ1) is 11.4. The highest BCUT2D eigenvalue weighted by Crippen LogP contribution is 2.04. The first-order valence-electron chi connectivity index (χ1n) is 4.31. The fraction of sp³-hybridized carbons (Fsp3) is 0.400. The van der Waals surface area contributed by atoms with Gasteiger partial charge in [0.15, 0.2) is 4.98 Å². The van der Waals surface area contributed by atoms with Crippen molar-refractivity contribution < 1.29 is 0 Å². The maximum atomic E-state index is 8.33. The maximum absolute atomic E-state index is 8.33. The van der Waals surface area contributed by atoms with Crippen molar-refractivity contribution in [1.82, 2.24) is 4.90 Å². The van der Waals surface area contributed by atoms with Gasteiger partial charge in [0.05, 0.1) is 0 Å². The van der Waals surface area contributed by atoms with Crippen molar-refractivity contribution in [1.29, 1.82) is 5.39 Å². The summed E-state index contributed by atoms with van der Waals surface area (Å²) in [5, 5.41) is 8.33. The fourth-order valence-corrected chi connectivity index (χ4v) is 0.961. The Hall–Kier alpha value is -1.56. The van der Waals surface area contributed by atoms with E-state index in [0.717, 1.165) is 18.8 Å². The van der Waals surface area contributed by atoms with Gasteiger partial charge in [0.2, 0.25) is 5.39 Å². The van der Waals surface area contributed by atoms with Crippen LogP contribution in [0, 0.1) is 5.39 Å². The van der Waals surface area contributed by atoms with Crippen molar-refractivity contribution >= 4 is 0 Å². The minimum absolute atomic E-state index is 0.327. The highest BCUT2D eigenvalue weighted by Gasteiger charge is 2.01. The van der Waals surface area contributed by atoms with E-state index in [-0.39, 0.29) is 0 Å². The second-order valence-corrected chi connectivity index (χ2v) is 2.59. The summed E-state index contributed by atoms with van der Waals surface area (Å²) >= 11 is 0. The quantitative estimate of drug-likeness (QED) is 0.479. The van der Waals surface area contributed by atoms with Crippen molar-refractivity contribution in [2.75, 3.05) is 13.1 Å². The van der Waals surface area contributed by atoms with Crippen LogP contribution in [0.5, 0.6) is 0 Å². The zero-order valence-corrected chi connectivity index (χ0v) is 8.32. The molecule has 0 saturated heterocycles.